The molecule has 0 spiro atoms. The van der Waals surface area contributed by atoms with Gasteiger partial charge in [-0.2, -0.15) is 0 Å². The molecular formula is C14H24O2Si. The Morgan fingerprint density at radius 2 is 1.82 bits per heavy atom. The van der Waals surface area contributed by atoms with E-state index < -0.39 is 8.32 Å². The normalized spacial score (nSPS) is 12.6. The van der Waals surface area contributed by atoms with Crippen molar-refractivity contribution in [3.05, 3.63) is 29.3 Å². The molecule has 0 aliphatic heterocycles. The van der Waals surface area contributed by atoms with E-state index in [-0.39, 0.29) is 11.6 Å². The van der Waals surface area contributed by atoms with Gasteiger partial charge in [0.15, 0.2) is 0 Å². The minimum absolute atomic E-state index is 0.0700. The van der Waals surface area contributed by atoms with Crippen LogP contribution in [-0.4, -0.2) is 13.4 Å². The van der Waals surface area contributed by atoms with Crippen LogP contribution in [0.3, 0.4) is 0 Å². The number of rotatable bonds is 3. The first-order chi connectivity index (χ1) is 7.69. The molecule has 1 aromatic rings. The minimum atomic E-state index is -1.79. The zero-order valence-corrected chi connectivity index (χ0v) is 12.8. The highest BCUT2D eigenvalue weighted by Crippen LogP contribution is 2.38. The predicted octanol–water partition coefficient (Wildman–Crippen LogP) is 3.87. The molecule has 96 valence electrons. The highest BCUT2D eigenvalue weighted by Gasteiger charge is 2.39. The zero-order valence-electron chi connectivity index (χ0n) is 11.8. The third kappa shape index (κ3) is 3.10. The Kier molecular flexibility index (Phi) is 4.05. The maximum atomic E-state index is 9.26. The zero-order chi connectivity index (χ0) is 13.3. The molecule has 2 nitrogen and oxygen atoms in total. The summed E-state index contributed by atoms with van der Waals surface area (Å²) < 4.78 is 6.27. The molecule has 0 heterocycles. The Hall–Kier alpha value is -0.803. The highest BCUT2D eigenvalue weighted by atomic mass is 28.4. The molecule has 0 amide bonds. The fourth-order valence-corrected chi connectivity index (χ4v) is 2.45. The van der Waals surface area contributed by atoms with Gasteiger partial charge in [-0.15, -0.1) is 0 Å². The van der Waals surface area contributed by atoms with Gasteiger partial charge in [-0.05, 0) is 42.2 Å². The first-order valence-corrected chi connectivity index (χ1v) is 8.98. The molecule has 3 heteroatoms. The summed E-state index contributed by atoms with van der Waals surface area (Å²) in [6, 6.07) is 5.88. The molecule has 0 bridgehead atoms. The van der Waals surface area contributed by atoms with Gasteiger partial charge in [0, 0.05) is 0 Å². The molecule has 0 saturated carbocycles. The third-order valence-electron chi connectivity index (χ3n) is 3.74. The second-order valence-corrected chi connectivity index (χ2v) is 10.8. The van der Waals surface area contributed by atoms with Crippen molar-refractivity contribution in [3.63, 3.8) is 0 Å². The quantitative estimate of drug-likeness (QED) is 0.827. The van der Waals surface area contributed by atoms with Crippen LogP contribution >= 0.6 is 0 Å². The molecule has 0 aromatic heterocycles. The van der Waals surface area contributed by atoms with Crippen LogP contribution in [0.5, 0.6) is 5.75 Å². The molecule has 0 radical (unpaired) electrons. The molecule has 0 unspecified atom stereocenters. The van der Waals surface area contributed by atoms with Crippen LogP contribution in [-0.2, 0) is 6.61 Å². The second kappa shape index (κ2) is 4.82. The number of aliphatic hydroxyl groups excluding tert-OH is 1. The van der Waals surface area contributed by atoms with E-state index in [4.69, 9.17) is 4.43 Å². The van der Waals surface area contributed by atoms with Gasteiger partial charge in [-0.1, -0.05) is 32.9 Å². The molecule has 1 rings (SSSR count). The van der Waals surface area contributed by atoms with Gasteiger partial charge in [0.05, 0.1) is 6.61 Å². The summed E-state index contributed by atoms with van der Waals surface area (Å²) in [6.07, 6.45) is 0. The Labute approximate surface area is 106 Å². The van der Waals surface area contributed by atoms with Gasteiger partial charge >= 0.3 is 0 Å². The number of aliphatic hydroxyl groups is 1. The van der Waals surface area contributed by atoms with E-state index in [1.54, 1.807) is 0 Å². The van der Waals surface area contributed by atoms with Gasteiger partial charge in [0.25, 0.3) is 0 Å². The fourth-order valence-electron chi connectivity index (χ4n) is 1.37. The van der Waals surface area contributed by atoms with Gasteiger partial charge in [-0.25, -0.2) is 0 Å². The topological polar surface area (TPSA) is 29.5 Å². The first kappa shape index (κ1) is 14.3. The van der Waals surface area contributed by atoms with Gasteiger partial charge in [0.2, 0.25) is 8.32 Å². The lowest BCUT2D eigenvalue weighted by Crippen LogP contribution is -2.44. The lowest BCUT2D eigenvalue weighted by Gasteiger charge is -2.37. The summed E-state index contributed by atoms with van der Waals surface area (Å²) in [7, 11) is -1.79. The molecule has 1 aromatic carbocycles. The van der Waals surface area contributed by atoms with Gasteiger partial charge in [-0.3, -0.25) is 0 Å². The standard InChI is InChI=1S/C14H24O2Si/c1-11-12(10-15)8-7-9-13(11)16-17(5,6)14(2,3)4/h7-9,15H,10H2,1-6H3. The van der Waals surface area contributed by atoms with Crippen molar-refractivity contribution >= 4 is 8.32 Å². The molecule has 1 N–H and O–H groups in total. The van der Waals surface area contributed by atoms with Crippen LogP contribution in [0.1, 0.15) is 31.9 Å². The summed E-state index contributed by atoms with van der Waals surface area (Å²) >= 11 is 0. The van der Waals surface area contributed by atoms with E-state index in [0.717, 1.165) is 16.9 Å². The third-order valence-corrected chi connectivity index (χ3v) is 8.08. The van der Waals surface area contributed by atoms with Crippen molar-refractivity contribution in [2.24, 2.45) is 0 Å². The number of hydrogen-bond donors (Lipinski definition) is 1. The van der Waals surface area contributed by atoms with Crippen LogP contribution < -0.4 is 4.43 Å². The molecule has 0 fully saturated rings. The van der Waals surface area contributed by atoms with E-state index in [2.05, 4.69) is 33.9 Å². The van der Waals surface area contributed by atoms with Crippen molar-refractivity contribution in [1.29, 1.82) is 0 Å². The lowest BCUT2D eigenvalue weighted by atomic mass is 10.1. The van der Waals surface area contributed by atoms with E-state index >= 15 is 0 Å². The van der Waals surface area contributed by atoms with Gasteiger partial charge in [0.1, 0.15) is 5.75 Å². The van der Waals surface area contributed by atoms with Crippen molar-refractivity contribution in [1.82, 2.24) is 0 Å². The smallest absolute Gasteiger partial charge is 0.250 e. The molecule has 17 heavy (non-hydrogen) atoms. The fraction of sp³-hybridized carbons (Fsp3) is 0.571. The average molecular weight is 252 g/mol. The highest BCUT2D eigenvalue weighted by molar-refractivity contribution is 6.74. The summed E-state index contributed by atoms with van der Waals surface area (Å²) in [5.41, 5.74) is 2.00. The minimum Gasteiger partial charge on any atom is -0.543 e. The summed E-state index contributed by atoms with van der Waals surface area (Å²) in [4.78, 5) is 0. The van der Waals surface area contributed by atoms with Crippen molar-refractivity contribution in [2.75, 3.05) is 0 Å². The maximum absolute atomic E-state index is 9.26. The van der Waals surface area contributed by atoms with E-state index in [1.165, 1.54) is 0 Å². The SMILES string of the molecule is Cc1c(CO)cccc1O[Si](C)(C)C(C)(C)C. The van der Waals surface area contributed by atoms with Crippen molar-refractivity contribution in [2.45, 2.75) is 52.4 Å². The average Bonchev–Trinajstić information content (AvgIpc) is 2.19. The number of benzene rings is 1. The molecule has 0 atom stereocenters. The van der Waals surface area contributed by atoms with E-state index in [9.17, 15) is 5.11 Å². The van der Waals surface area contributed by atoms with Gasteiger partial charge < -0.3 is 9.53 Å². The Morgan fingerprint density at radius 1 is 1.24 bits per heavy atom. The summed E-state index contributed by atoms with van der Waals surface area (Å²) in [5, 5.41) is 9.45. The van der Waals surface area contributed by atoms with Crippen LogP contribution in [0.4, 0.5) is 0 Å². The molecule has 0 saturated heterocycles. The first-order valence-electron chi connectivity index (χ1n) is 6.07. The summed E-state index contributed by atoms with van der Waals surface area (Å²) in [5.74, 6) is 0.920. The van der Waals surface area contributed by atoms with Crippen molar-refractivity contribution < 1.29 is 9.53 Å². The van der Waals surface area contributed by atoms with Crippen molar-refractivity contribution in [3.8, 4) is 5.75 Å². The molecule has 0 aliphatic rings. The van der Waals surface area contributed by atoms with Crippen LogP contribution in [0, 0.1) is 6.92 Å². The van der Waals surface area contributed by atoms with E-state index in [0.29, 0.717) is 0 Å². The van der Waals surface area contributed by atoms with Crippen LogP contribution in [0.25, 0.3) is 0 Å². The van der Waals surface area contributed by atoms with E-state index in [1.807, 2.05) is 25.1 Å². The molecule has 0 aliphatic carbocycles. The number of hydrogen-bond acceptors (Lipinski definition) is 2. The Balaban J connectivity index is 3.04. The maximum Gasteiger partial charge on any atom is 0.250 e. The van der Waals surface area contributed by atoms with Crippen LogP contribution in [0.2, 0.25) is 18.1 Å². The molecular weight excluding hydrogens is 228 g/mol. The predicted molar refractivity (Wildman–Crippen MR) is 74.9 cm³/mol. The van der Waals surface area contributed by atoms with Crippen LogP contribution in [0.15, 0.2) is 18.2 Å². The summed E-state index contributed by atoms with van der Waals surface area (Å²) in [6.45, 7) is 13.2. The Bertz CT molecular complexity index is 392. The Morgan fingerprint density at radius 3 is 2.29 bits per heavy atom. The largest absolute Gasteiger partial charge is 0.543 e. The monoisotopic (exact) mass is 252 g/mol. The second-order valence-electron chi connectivity index (χ2n) is 6.06. The lowest BCUT2D eigenvalue weighted by molar-refractivity contribution is 0.280.